The molecule has 1 N–H and O–H groups in total. The minimum Gasteiger partial charge on any atom is -0.462 e. The van der Waals surface area contributed by atoms with Crippen LogP contribution in [0.4, 0.5) is 9.80 Å². The molecule has 2 aromatic heterocycles. The third-order valence-corrected chi connectivity index (χ3v) is 8.07. The molecule has 224 valence electrons. The molecule has 1 unspecified atom stereocenters. The van der Waals surface area contributed by atoms with Crippen molar-refractivity contribution >= 4 is 40.1 Å². The van der Waals surface area contributed by atoms with Crippen molar-refractivity contribution in [1.82, 2.24) is 19.6 Å². The van der Waals surface area contributed by atoms with Crippen LogP contribution in [0.5, 0.6) is 0 Å². The van der Waals surface area contributed by atoms with E-state index in [1.807, 2.05) is 52.5 Å². The van der Waals surface area contributed by atoms with Gasteiger partial charge in [-0.15, -0.1) is 11.3 Å². The Labute approximate surface area is 250 Å². The van der Waals surface area contributed by atoms with Gasteiger partial charge in [0.15, 0.2) is 11.7 Å². The third kappa shape index (κ3) is 6.28. The number of thiophene rings is 1. The van der Waals surface area contributed by atoms with Crippen LogP contribution in [0.2, 0.25) is 0 Å². The van der Waals surface area contributed by atoms with Crippen molar-refractivity contribution in [2.75, 3.05) is 31.6 Å². The fourth-order valence-corrected chi connectivity index (χ4v) is 6.17. The quantitative estimate of drug-likeness (QED) is 0.442. The zero-order valence-electron chi connectivity index (χ0n) is 25.3. The molecule has 3 aliphatic heterocycles. The van der Waals surface area contributed by atoms with Crippen LogP contribution in [0.1, 0.15) is 80.7 Å². The number of nitrogens with one attached hydrogen (secondary N) is 1. The number of hydrogen-bond donors (Lipinski definition) is 1. The second-order valence-electron chi connectivity index (χ2n) is 11.8. The summed E-state index contributed by atoms with van der Waals surface area (Å²) in [5, 5.41) is 8.62. The lowest BCUT2D eigenvalue weighted by Crippen LogP contribution is -2.41. The standard InChI is InChI=1S/C30H39N7O4S/c1-8-40-28(38)25-21(18(2)3)12-24(42-25)34-26-27-31-14-23(20-13-32-35(7)15-20)37(27)17-22(33-26)19-10-9-11-36(16-19)29(39)41-30(4,5)6/h10,12-13,15,17-18,23H,8-9,11,14,16H2,1-7H3,(H,33,34). The minimum atomic E-state index is -0.576. The summed E-state index contributed by atoms with van der Waals surface area (Å²) in [5.74, 6) is 1.12. The van der Waals surface area contributed by atoms with Gasteiger partial charge in [-0.25, -0.2) is 14.6 Å². The van der Waals surface area contributed by atoms with E-state index in [-0.39, 0.29) is 24.0 Å². The van der Waals surface area contributed by atoms with E-state index in [4.69, 9.17) is 19.5 Å². The smallest absolute Gasteiger partial charge is 0.410 e. The van der Waals surface area contributed by atoms with Gasteiger partial charge in [0.2, 0.25) is 0 Å². The molecule has 0 radical (unpaired) electrons. The predicted molar refractivity (Wildman–Crippen MR) is 164 cm³/mol. The van der Waals surface area contributed by atoms with Gasteiger partial charge in [0.25, 0.3) is 0 Å². The van der Waals surface area contributed by atoms with Crippen molar-refractivity contribution in [1.29, 1.82) is 0 Å². The number of amides is 1. The number of hydrogen-bond acceptors (Lipinski definition) is 10. The summed E-state index contributed by atoms with van der Waals surface area (Å²) in [7, 11) is 1.90. The molecule has 0 fully saturated rings. The van der Waals surface area contributed by atoms with Crippen molar-refractivity contribution < 1.29 is 19.1 Å². The van der Waals surface area contributed by atoms with Gasteiger partial charge in [-0.2, -0.15) is 5.10 Å². The maximum atomic E-state index is 12.9. The molecule has 2 aromatic rings. The highest BCUT2D eigenvalue weighted by molar-refractivity contribution is 7.18. The first-order chi connectivity index (χ1) is 19.9. The molecule has 5 heterocycles. The number of rotatable bonds is 6. The molecule has 0 aliphatic carbocycles. The van der Waals surface area contributed by atoms with E-state index in [9.17, 15) is 9.59 Å². The summed E-state index contributed by atoms with van der Waals surface area (Å²) in [4.78, 5) is 39.9. The van der Waals surface area contributed by atoms with Gasteiger partial charge in [0.05, 0.1) is 42.6 Å². The number of aryl methyl sites for hydroxylation is 1. The molecule has 0 saturated heterocycles. The molecule has 1 atom stereocenters. The fraction of sp³-hybridized carbons (Fsp3) is 0.500. The van der Waals surface area contributed by atoms with Crippen LogP contribution < -0.4 is 5.32 Å². The highest BCUT2D eigenvalue weighted by Crippen LogP contribution is 2.36. The lowest BCUT2D eigenvalue weighted by Gasteiger charge is -2.32. The first-order valence-corrected chi connectivity index (χ1v) is 15.1. The van der Waals surface area contributed by atoms with Gasteiger partial charge in [0, 0.05) is 31.6 Å². The number of carbonyl (C=O) groups excluding carboxylic acids is 2. The fourth-order valence-electron chi connectivity index (χ4n) is 5.07. The molecule has 1 amide bonds. The highest BCUT2D eigenvalue weighted by atomic mass is 32.1. The van der Waals surface area contributed by atoms with Crippen molar-refractivity contribution in [3.05, 3.63) is 58.0 Å². The second kappa shape index (κ2) is 11.7. The Bertz CT molecular complexity index is 1490. The van der Waals surface area contributed by atoms with Crippen LogP contribution in [-0.4, -0.2) is 75.2 Å². The predicted octanol–water partition coefficient (Wildman–Crippen LogP) is 5.47. The first kappa shape index (κ1) is 29.6. The molecular formula is C30H39N7O4S. The molecule has 5 rings (SSSR count). The van der Waals surface area contributed by atoms with E-state index in [2.05, 4.69) is 35.2 Å². The zero-order chi connectivity index (χ0) is 30.2. The van der Waals surface area contributed by atoms with Crippen LogP contribution in [0.15, 0.2) is 52.0 Å². The van der Waals surface area contributed by atoms with Crippen LogP contribution in [0, 0.1) is 0 Å². The lowest BCUT2D eigenvalue weighted by atomic mass is 10.0. The highest BCUT2D eigenvalue weighted by Gasteiger charge is 2.36. The van der Waals surface area contributed by atoms with Gasteiger partial charge >= 0.3 is 12.1 Å². The molecule has 11 nitrogen and oxygen atoms in total. The summed E-state index contributed by atoms with van der Waals surface area (Å²) in [6.45, 7) is 13.4. The number of nitrogens with zero attached hydrogens (tertiary/aromatic N) is 6. The van der Waals surface area contributed by atoms with Crippen LogP contribution in [-0.2, 0) is 16.5 Å². The molecule has 12 heteroatoms. The van der Waals surface area contributed by atoms with Gasteiger partial charge < -0.3 is 24.6 Å². The van der Waals surface area contributed by atoms with E-state index < -0.39 is 5.60 Å². The molecule has 0 saturated carbocycles. The number of aliphatic imine (C=N–C) groups is 2. The van der Waals surface area contributed by atoms with Gasteiger partial charge in [-0.1, -0.05) is 19.9 Å². The summed E-state index contributed by atoms with van der Waals surface area (Å²) < 4.78 is 12.8. The first-order valence-electron chi connectivity index (χ1n) is 14.3. The van der Waals surface area contributed by atoms with E-state index in [0.29, 0.717) is 49.2 Å². The normalized spacial score (nSPS) is 18.7. The molecule has 0 spiro atoms. The third-order valence-electron chi connectivity index (χ3n) is 7.03. The minimum absolute atomic E-state index is 0.0493. The Morgan fingerprint density at radius 1 is 1.26 bits per heavy atom. The average molecular weight is 594 g/mol. The topological polar surface area (TPSA) is 114 Å². The Kier molecular flexibility index (Phi) is 8.27. The van der Waals surface area contributed by atoms with E-state index in [1.165, 1.54) is 11.3 Å². The van der Waals surface area contributed by atoms with Gasteiger partial charge in [-0.3, -0.25) is 9.67 Å². The van der Waals surface area contributed by atoms with Crippen LogP contribution in [0.3, 0.4) is 0 Å². The van der Waals surface area contributed by atoms with Crippen molar-refractivity contribution in [3.63, 3.8) is 0 Å². The number of carbonyl (C=O) groups is 2. The van der Waals surface area contributed by atoms with Gasteiger partial charge in [0.1, 0.15) is 10.5 Å². The van der Waals surface area contributed by atoms with Crippen molar-refractivity contribution in [2.24, 2.45) is 17.0 Å². The number of fused-ring (bicyclic) bond motifs is 1. The Morgan fingerprint density at radius 3 is 2.71 bits per heavy atom. The Balaban J connectivity index is 1.48. The molecule has 42 heavy (non-hydrogen) atoms. The zero-order valence-corrected chi connectivity index (χ0v) is 26.1. The largest absolute Gasteiger partial charge is 0.462 e. The number of amidine groups is 2. The van der Waals surface area contributed by atoms with Crippen molar-refractivity contribution in [3.8, 4) is 0 Å². The maximum absolute atomic E-state index is 12.9. The molecule has 3 aliphatic rings. The molecular weight excluding hydrogens is 554 g/mol. The number of anilines is 1. The van der Waals surface area contributed by atoms with Crippen LogP contribution in [0.25, 0.3) is 0 Å². The summed E-state index contributed by atoms with van der Waals surface area (Å²) in [6, 6.07) is 1.94. The average Bonchev–Trinajstić information content (AvgIpc) is 3.66. The molecule has 0 bridgehead atoms. The Morgan fingerprint density at radius 2 is 2.05 bits per heavy atom. The second-order valence-corrected chi connectivity index (χ2v) is 12.9. The monoisotopic (exact) mass is 593 g/mol. The number of ether oxygens (including phenoxy) is 2. The van der Waals surface area contributed by atoms with E-state index in [1.54, 1.807) is 16.5 Å². The number of aromatic nitrogens is 2. The Hall–Kier alpha value is -3.93. The summed E-state index contributed by atoms with van der Waals surface area (Å²) >= 11 is 1.35. The lowest BCUT2D eigenvalue weighted by molar-refractivity contribution is 0.0263. The maximum Gasteiger partial charge on any atom is 0.410 e. The SMILES string of the molecule is CCOC(=O)c1sc(NC2=NC(C3=CCCN(C(=O)OC(C)(C)C)C3)=CN3C2=NCC3c2cnn(C)c2)cc1C(C)C. The summed E-state index contributed by atoms with van der Waals surface area (Å²) in [6.07, 6.45) is 8.36. The number of esters is 1. The van der Waals surface area contributed by atoms with Crippen molar-refractivity contribution in [2.45, 2.75) is 65.5 Å². The van der Waals surface area contributed by atoms with Gasteiger partial charge in [-0.05, 0) is 57.2 Å². The molecule has 0 aromatic carbocycles. The summed E-state index contributed by atoms with van der Waals surface area (Å²) in [5.41, 5.74) is 3.07. The van der Waals surface area contributed by atoms with Crippen LogP contribution >= 0.6 is 11.3 Å². The van der Waals surface area contributed by atoms with E-state index in [0.717, 1.165) is 27.4 Å². The van der Waals surface area contributed by atoms with E-state index >= 15 is 0 Å².